The van der Waals surface area contributed by atoms with Crippen LogP contribution < -0.4 is 10.1 Å². The molecule has 1 amide bonds. The third kappa shape index (κ3) is 4.31. The second-order valence-corrected chi connectivity index (χ2v) is 4.93. The minimum atomic E-state index is -0.591. The number of benzene rings is 2. The monoisotopic (exact) mass is 315 g/mol. The fourth-order valence-corrected chi connectivity index (χ4v) is 2.33. The lowest BCUT2D eigenvalue weighted by Gasteiger charge is -2.26. The van der Waals surface area contributed by atoms with E-state index in [-0.39, 0.29) is 5.91 Å². The van der Waals surface area contributed by atoms with E-state index in [0.717, 1.165) is 5.56 Å². The average molecular weight is 315 g/mol. The molecule has 0 saturated heterocycles. The molecule has 2 rings (SSSR count). The summed E-state index contributed by atoms with van der Waals surface area (Å²) < 4.78 is 15.8. The van der Waals surface area contributed by atoms with Gasteiger partial charge in [0.2, 0.25) is 0 Å². The van der Waals surface area contributed by atoms with Crippen molar-refractivity contribution in [2.24, 2.45) is 0 Å². The maximum absolute atomic E-state index is 12.6. The van der Waals surface area contributed by atoms with Gasteiger partial charge in [-0.15, -0.1) is 0 Å². The van der Waals surface area contributed by atoms with Gasteiger partial charge in [-0.05, 0) is 23.8 Å². The van der Waals surface area contributed by atoms with Crippen LogP contribution in [0.2, 0.25) is 0 Å². The minimum absolute atomic E-state index is 0.225. The van der Waals surface area contributed by atoms with Crippen LogP contribution in [0.15, 0.2) is 54.6 Å². The van der Waals surface area contributed by atoms with Crippen molar-refractivity contribution in [1.29, 1.82) is 0 Å². The molecule has 1 unspecified atom stereocenters. The van der Waals surface area contributed by atoms with Crippen molar-refractivity contribution in [2.75, 3.05) is 21.3 Å². The molecule has 0 aliphatic heterocycles. The topological polar surface area (TPSA) is 56.8 Å². The number of rotatable bonds is 7. The molecule has 23 heavy (non-hydrogen) atoms. The summed E-state index contributed by atoms with van der Waals surface area (Å²) >= 11 is 0. The molecule has 0 aliphatic carbocycles. The first-order valence-electron chi connectivity index (χ1n) is 7.25. The van der Waals surface area contributed by atoms with Gasteiger partial charge in [0.25, 0.3) is 5.91 Å². The Morgan fingerprint density at radius 3 is 2.26 bits per heavy atom. The van der Waals surface area contributed by atoms with E-state index in [1.165, 1.54) is 0 Å². The molecule has 0 spiro atoms. The van der Waals surface area contributed by atoms with E-state index in [2.05, 4.69) is 5.32 Å². The van der Waals surface area contributed by atoms with Gasteiger partial charge < -0.3 is 19.5 Å². The van der Waals surface area contributed by atoms with Crippen LogP contribution in [0.1, 0.15) is 22.0 Å². The number of methoxy groups -OCH3 is 3. The standard InChI is InChI=1S/C18H21NO4/c1-21-15-11-7-10-14(12-15)17(20)19-16(18(22-2)23-3)13-8-5-4-6-9-13/h4-12,16,18H,1-3H3,(H,19,20). The van der Waals surface area contributed by atoms with E-state index >= 15 is 0 Å². The number of hydrogen-bond donors (Lipinski definition) is 1. The molecule has 5 nitrogen and oxygen atoms in total. The lowest BCUT2D eigenvalue weighted by Crippen LogP contribution is -2.38. The summed E-state index contributed by atoms with van der Waals surface area (Å²) in [6.07, 6.45) is -0.591. The van der Waals surface area contributed by atoms with Crippen molar-refractivity contribution in [3.8, 4) is 5.75 Å². The Bertz CT molecular complexity index is 626. The second kappa shape index (κ2) is 8.31. The summed E-state index contributed by atoms with van der Waals surface area (Å²) in [5, 5.41) is 2.96. The predicted octanol–water partition coefficient (Wildman–Crippen LogP) is 2.79. The Labute approximate surface area is 136 Å². The van der Waals surface area contributed by atoms with Gasteiger partial charge in [-0.1, -0.05) is 36.4 Å². The van der Waals surface area contributed by atoms with Crippen LogP contribution in [0.5, 0.6) is 5.75 Å². The Balaban J connectivity index is 2.24. The normalized spacial score (nSPS) is 12.0. The zero-order valence-electron chi connectivity index (χ0n) is 13.5. The van der Waals surface area contributed by atoms with Gasteiger partial charge >= 0.3 is 0 Å². The number of carbonyl (C=O) groups is 1. The maximum Gasteiger partial charge on any atom is 0.252 e. The molecule has 5 heteroatoms. The summed E-state index contributed by atoms with van der Waals surface area (Å²) in [4.78, 5) is 12.6. The van der Waals surface area contributed by atoms with Gasteiger partial charge in [0.1, 0.15) is 11.8 Å². The molecule has 1 N–H and O–H groups in total. The molecule has 2 aromatic carbocycles. The van der Waals surface area contributed by atoms with Gasteiger partial charge in [0.05, 0.1) is 7.11 Å². The zero-order chi connectivity index (χ0) is 16.7. The first-order chi connectivity index (χ1) is 11.2. The van der Waals surface area contributed by atoms with E-state index < -0.39 is 12.3 Å². The van der Waals surface area contributed by atoms with E-state index in [9.17, 15) is 4.79 Å². The van der Waals surface area contributed by atoms with Crippen LogP contribution in [0.4, 0.5) is 0 Å². The number of amides is 1. The maximum atomic E-state index is 12.6. The van der Waals surface area contributed by atoms with Gasteiger partial charge in [-0.25, -0.2) is 0 Å². The van der Waals surface area contributed by atoms with Gasteiger partial charge in [0.15, 0.2) is 6.29 Å². The molecule has 0 bridgehead atoms. The Morgan fingerprint density at radius 2 is 1.65 bits per heavy atom. The summed E-state index contributed by atoms with van der Waals surface area (Å²) in [6.45, 7) is 0. The Kier molecular flexibility index (Phi) is 6.14. The van der Waals surface area contributed by atoms with Crippen molar-refractivity contribution in [3.05, 3.63) is 65.7 Å². The van der Waals surface area contributed by atoms with Crippen LogP contribution in [-0.2, 0) is 9.47 Å². The third-order valence-corrected chi connectivity index (χ3v) is 3.51. The molecule has 0 saturated carbocycles. The minimum Gasteiger partial charge on any atom is -0.497 e. The highest BCUT2D eigenvalue weighted by atomic mass is 16.7. The summed E-state index contributed by atoms with van der Waals surface area (Å²) in [5.41, 5.74) is 1.41. The molecule has 0 aromatic heterocycles. The van der Waals surface area contributed by atoms with Crippen LogP contribution in [0.25, 0.3) is 0 Å². The van der Waals surface area contributed by atoms with Crippen LogP contribution >= 0.6 is 0 Å². The quantitative estimate of drug-likeness (QED) is 0.798. The molecule has 122 valence electrons. The largest absolute Gasteiger partial charge is 0.497 e. The number of nitrogens with one attached hydrogen (secondary N) is 1. The number of hydrogen-bond acceptors (Lipinski definition) is 4. The van der Waals surface area contributed by atoms with Gasteiger partial charge in [0, 0.05) is 19.8 Å². The molecule has 0 heterocycles. The highest BCUT2D eigenvalue weighted by Crippen LogP contribution is 2.21. The van der Waals surface area contributed by atoms with Gasteiger partial charge in [-0.2, -0.15) is 0 Å². The summed E-state index contributed by atoms with van der Waals surface area (Å²) in [5.74, 6) is 0.404. The molecular weight excluding hydrogens is 294 g/mol. The second-order valence-electron chi connectivity index (χ2n) is 4.93. The highest BCUT2D eigenvalue weighted by molar-refractivity contribution is 5.94. The van der Waals surface area contributed by atoms with Gasteiger partial charge in [-0.3, -0.25) is 4.79 Å². The smallest absolute Gasteiger partial charge is 0.252 e. The van der Waals surface area contributed by atoms with E-state index in [1.54, 1.807) is 45.6 Å². The van der Waals surface area contributed by atoms with Crippen molar-refractivity contribution in [3.63, 3.8) is 0 Å². The van der Waals surface area contributed by atoms with Crippen LogP contribution in [-0.4, -0.2) is 33.5 Å². The van der Waals surface area contributed by atoms with Crippen molar-refractivity contribution < 1.29 is 19.0 Å². The summed E-state index contributed by atoms with van der Waals surface area (Å²) in [6, 6.07) is 16.1. The summed E-state index contributed by atoms with van der Waals surface area (Å²) in [7, 11) is 4.65. The molecule has 1 atom stereocenters. The van der Waals surface area contributed by atoms with Crippen molar-refractivity contribution >= 4 is 5.91 Å². The van der Waals surface area contributed by atoms with Crippen LogP contribution in [0.3, 0.4) is 0 Å². The Morgan fingerprint density at radius 1 is 0.957 bits per heavy atom. The van der Waals surface area contributed by atoms with E-state index in [4.69, 9.17) is 14.2 Å². The van der Waals surface area contributed by atoms with Crippen molar-refractivity contribution in [2.45, 2.75) is 12.3 Å². The molecule has 0 radical (unpaired) electrons. The molecule has 2 aromatic rings. The molecule has 0 fully saturated rings. The third-order valence-electron chi connectivity index (χ3n) is 3.51. The zero-order valence-corrected chi connectivity index (χ0v) is 13.5. The highest BCUT2D eigenvalue weighted by Gasteiger charge is 2.25. The first kappa shape index (κ1) is 17.0. The predicted molar refractivity (Wildman–Crippen MR) is 87.4 cm³/mol. The molecule has 0 aliphatic rings. The Hall–Kier alpha value is -2.37. The van der Waals surface area contributed by atoms with E-state index in [0.29, 0.717) is 11.3 Å². The number of ether oxygens (including phenoxy) is 3. The SMILES string of the molecule is COc1cccc(C(=O)NC(c2ccccc2)C(OC)OC)c1. The fraction of sp³-hybridized carbons (Fsp3) is 0.278. The van der Waals surface area contributed by atoms with E-state index in [1.807, 2.05) is 30.3 Å². The van der Waals surface area contributed by atoms with Crippen molar-refractivity contribution in [1.82, 2.24) is 5.32 Å². The fourth-order valence-electron chi connectivity index (χ4n) is 2.33. The number of carbonyl (C=O) groups excluding carboxylic acids is 1. The van der Waals surface area contributed by atoms with Crippen LogP contribution in [0, 0.1) is 0 Å². The molecular formula is C18H21NO4. The lowest BCUT2D eigenvalue weighted by atomic mass is 10.1. The average Bonchev–Trinajstić information content (AvgIpc) is 2.62. The lowest BCUT2D eigenvalue weighted by molar-refractivity contribution is -0.122. The first-order valence-corrected chi connectivity index (χ1v) is 7.25.